The summed E-state index contributed by atoms with van der Waals surface area (Å²) in [5.74, 6) is 2.22. The second-order valence-electron chi connectivity index (χ2n) is 5.06. The number of hydrogen-bond acceptors (Lipinski definition) is 4. The zero-order chi connectivity index (χ0) is 12.7. The van der Waals surface area contributed by atoms with E-state index in [1.54, 1.807) is 6.20 Å². The molecule has 0 unspecified atom stereocenters. The lowest BCUT2D eigenvalue weighted by molar-refractivity contribution is 0.570. The predicted molar refractivity (Wildman–Crippen MR) is 70.6 cm³/mol. The Morgan fingerprint density at radius 2 is 2.11 bits per heavy atom. The van der Waals surface area contributed by atoms with Gasteiger partial charge in [0.2, 0.25) is 0 Å². The number of H-pyrrole nitrogens is 1. The Bertz CT molecular complexity index is 695. The molecule has 0 amide bonds. The lowest BCUT2D eigenvalue weighted by Crippen LogP contribution is -1.99. The van der Waals surface area contributed by atoms with Gasteiger partial charge in [-0.2, -0.15) is 0 Å². The molecule has 5 nitrogen and oxygen atoms in total. The Morgan fingerprint density at radius 1 is 1.21 bits per heavy atom. The number of nitrogens with one attached hydrogen (secondary N) is 1. The van der Waals surface area contributed by atoms with E-state index in [1.165, 1.54) is 32.1 Å². The van der Waals surface area contributed by atoms with E-state index in [-0.39, 0.29) is 0 Å². The third-order valence-electron chi connectivity index (χ3n) is 3.81. The van der Waals surface area contributed by atoms with E-state index in [9.17, 15) is 0 Å². The third-order valence-corrected chi connectivity index (χ3v) is 3.81. The van der Waals surface area contributed by atoms with Crippen LogP contribution in [-0.2, 0) is 0 Å². The first-order valence-corrected chi connectivity index (χ1v) is 6.65. The van der Waals surface area contributed by atoms with Gasteiger partial charge < -0.3 is 9.40 Å². The molecule has 0 spiro atoms. The van der Waals surface area contributed by atoms with Crippen LogP contribution >= 0.6 is 0 Å². The fourth-order valence-electron chi connectivity index (χ4n) is 2.79. The quantitative estimate of drug-likeness (QED) is 0.762. The summed E-state index contributed by atoms with van der Waals surface area (Å²) >= 11 is 0. The molecular formula is C14H14N4O. The predicted octanol–water partition coefficient (Wildman–Crippen LogP) is 3.27. The van der Waals surface area contributed by atoms with Crippen LogP contribution in [0.1, 0.15) is 37.4 Å². The molecule has 0 aromatic carbocycles. The van der Waals surface area contributed by atoms with Gasteiger partial charge in [-0.1, -0.05) is 12.8 Å². The SMILES string of the molecule is c1ncc(-c2cc3cnc(C4CCCC4)nc3[nH]2)o1. The molecule has 1 N–H and O–H groups in total. The zero-order valence-electron chi connectivity index (χ0n) is 10.5. The number of aromatic amines is 1. The van der Waals surface area contributed by atoms with E-state index in [4.69, 9.17) is 4.42 Å². The second-order valence-corrected chi connectivity index (χ2v) is 5.06. The molecule has 5 heteroatoms. The van der Waals surface area contributed by atoms with Crippen LogP contribution in [-0.4, -0.2) is 19.9 Å². The lowest BCUT2D eigenvalue weighted by atomic mass is 10.1. The van der Waals surface area contributed by atoms with Crippen molar-refractivity contribution in [1.82, 2.24) is 19.9 Å². The summed E-state index contributed by atoms with van der Waals surface area (Å²) in [5, 5.41) is 1.01. The molecule has 0 saturated heterocycles. The van der Waals surface area contributed by atoms with Crippen LogP contribution < -0.4 is 0 Å². The molecule has 3 aromatic heterocycles. The maximum atomic E-state index is 5.29. The first kappa shape index (κ1) is 10.7. The largest absolute Gasteiger partial charge is 0.442 e. The van der Waals surface area contributed by atoms with Crippen molar-refractivity contribution in [2.45, 2.75) is 31.6 Å². The highest BCUT2D eigenvalue weighted by Crippen LogP contribution is 2.32. The van der Waals surface area contributed by atoms with Gasteiger partial charge in [0, 0.05) is 17.5 Å². The van der Waals surface area contributed by atoms with Crippen LogP contribution in [0.3, 0.4) is 0 Å². The molecule has 3 aromatic rings. The average molecular weight is 254 g/mol. The molecule has 1 saturated carbocycles. The maximum Gasteiger partial charge on any atom is 0.181 e. The van der Waals surface area contributed by atoms with Crippen LogP contribution in [0, 0.1) is 0 Å². The molecule has 3 heterocycles. The van der Waals surface area contributed by atoms with E-state index in [1.807, 2.05) is 12.3 Å². The molecule has 0 bridgehead atoms. The van der Waals surface area contributed by atoms with Crippen LogP contribution in [0.15, 0.2) is 29.3 Å². The Balaban J connectivity index is 1.77. The van der Waals surface area contributed by atoms with Crippen LogP contribution in [0.5, 0.6) is 0 Å². The summed E-state index contributed by atoms with van der Waals surface area (Å²) in [7, 11) is 0. The first-order chi connectivity index (χ1) is 9.40. The van der Waals surface area contributed by atoms with E-state index in [0.717, 1.165) is 28.3 Å². The van der Waals surface area contributed by atoms with Crippen molar-refractivity contribution in [2.24, 2.45) is 0 Å². The van der Waals surface area contributed by atoms with Crippen molar-refractivity contribution in [3.63, 3.8) is 0 Å². The van der Waals surface area contributed by atoms with E-state index >= 15 is 0 Å². The number of rotatable bonds is 2. The summed E-state index contributed by atoms with van der Waals surface area (Å²) < 4.78 is 5.29. The Labute approximate surface area is 110 Å². The van der Waals surface area contributed by atoms with Gasteiger partial charge in [-0.25, -0.2) is 15.0 Å². The third kappa shape index (κ3) is 1.82. The average Bonchev–Trinajstić information content (AvgIpc) is 3.18. The summed E-state index contributed by atoms with van der Waals surface area (Å²) in [4.78, 5) is 16.4. The highest BCUT2D eigenvalue weighted by atomic mass is 16.3. The molecule has 1 aliphatic rings. The minimum atomic E-state index is 0.529. The molecule has 0 aliphatic heterocycles. The summed E-state index contributed by atoms with van der Waals surface area (Å²) in [5.41, 5.74) is 1.77. The van der Waals surface area contributed by atoms with Crippen molar-refractivity contribution < 1.29 is 4.42 Å². The van der Waals surface area contributed by atoms with Gasteiger partial charge in [-0.15, -0.1) is 0 Å². The Hall–Kier alpha value is -2.17. The van der Waals surface area contributed by atoms with Gasteiger partial charge in [-0.05, 0) is 18.9 Å². The van der Waals surface area contributed by atoms with Crippen LogP contribution in [0.2, 0.25) is 0 Å². The molecule has 4 rings (SSSR count). The lowest BCUT2D eigenvalue weighted by Gasteiger charge is -2.05. The fourth-order valence-corrected chi connectivity index (χ4v) is 2.79. The number of hydrogen-bond donors (Lipinski definition) is 1. The highest BCUT2D eigenvalue weighted by molar-refractivity contribution is 5.81. The van der Waals surface area contributed by atoms with Crippen LogP contribution in [0.25, 0.3) is 22.5 Å². The van der Waals surface area contributed by atoms with Crippen molar-refractivity contribution in [3.05, 3.63) is 30.7 Å². The summed E-state index contributed by atoms with van der Waals surface area (Å²) in [6, 6.07) is 1.99. The molecule has 0 radical (unpaired) electrons. The Morgan fingerprint density at radius 3 is 2.89 bits per heavy atom. The van der Waals surface area contributed by atoms with Crippen molar-refractivity contribution >= 4 is 11.0 Å². The monoisotopic (exact) mass is 254 g/mol. The highest BCUT2D eigenvalue weighted by Gasteiger charge is 2.20. The van der Waals surface area contributed by atoms with E-state index in [2.05, 4.69) is 19.9 Å². The van der Waals surface area contributed by atoms with Gasteiger partial charge in [0.25, 0.3) is 0 Å². The molecule has 19 heavy (non-hydrogen) atoms. The number of nitrogens with zero attached hydrogens (tertiary/aromatic N) is 3. The standard InChI is InChI=1S/C14H14N4O/c1-2-4-9(3-1)13-16-6-10-5-11(17-14(10)18-13)12-7-15-8-19-12/h5-9H,1-4H2,(H,16,17,18). The number of aromatic nitrogens is 4. The van der Waals surface area contributed by atoms with Crippen molar-refractivity contribution in [3.8, 4) is 11.5 Å². The zero-order valence-corrected chi connectivity index (χ0v) is 10.5. The van der Waals surface area contributed by atoms with E-state index < -0.39 is 0 Å². The van der Waals surface area contributed by atoms with Gasteiger partial charge in [-0.3, -0.25) is 0 Å². The summed E-state index contributed by atoms with van der Waals surface area (Å²) in [6.07, 6.45) is 10.0. The number of oxazole rings is 1. The molecule has 1 aliphatic carbocycles. The second kappa shape index (κ2) is 4.19. The fraction of sp³-hybridized carbons (Fsp3) is 0.357. The normalized spacial score (nSPS) is 16.4. The number of fused-ring (bicyclic) bond motifs is 1. The molecular weight excluding hydrogens is 240 g/mol. The van der Waals surface area contributed by atoms with Crippen molar-refractivity contribution in [1.29, 1.82) is 0 Å². The van der Waals surface area contributed by atoms with E-state index in [0.29, 0.717) is 5.92 Å². The van der Waals surface area contributed by atoms with Crippen molar-refractivity contribution in [2.75, 3.05) is 0 Å². The molecule has 1 fully saturated rings. The first-order valence-electron chi connectivity index (χ1n) is 6.65. The minimum Gasteiger partial charge on any atom is -0.442 e. The maximum absolute atomic E-state index is 5.29. The molecule has 96 valence electrons. The topological polar surface area (TPSA) is 67.6 Å². The van der Waals surface area contributed by atoms with Gasteiger partial charge in [0.15, 0.2) is 12.2 Å². The smallest absolute Gasteiger partial charge is 0.181 e. The van der Waals surface area contributed by atoms with Gasteiger partial charge in [0.05, 0.1) is 11.9 Å². The minimum absolute atomic E-state index is 0.529. The summed E-state index contributed by atoms with van der Waals surface area (Å²) in [6.45, 7) is 0. The van der Waals surface area contributed by atoms with Gasteiger partial charge >= 0.3 is 0 Å². The molecule has 0 atom stereocenters. The van der Waals surface area contributed by atoms with Gasteiger partial charge in [0.1, 0.15) is 11.5 Å². The Kier molecular flexibility index (Phi) is 2.36. The van der Waals surface area contributed by atoms with Crippen LogP contribution in [0.4, 0.5) is 0 Å².